The van der Waals surface area contributed by atoms with Crippen molar-refractivity contribution in [3.05, 3.63) is 94.3 Å². The predicted molar refractivity (Wildman–Crippen MR) is 102 cm³/mol. The van der Waals surface area contributed by atoms with Gasteiger partial charge in [-0.1, -0.05) is 48.5 Å². The lowest BCUT2D eigenvalue weighted by Gasteiger charge is -2.15. The molecule has 0 fully saturated rings. The van der Waals surface area contributed by atoms with E-state index in [0.29, 0.717) is 16.7 Å². The van der Waals surface area contributed by atoms with Crippen molar-refractivity contribution in [2.24, 2.45) is 0 Å². The average Bonchev–Trinajstić information content (AvgIpc) is 2.65. The first-order valence-electron chi connectivity index (χ1n) is 8.30. The summed E-state index contributed by atoms with van der Waals surface area (Å²) in [5, 5.41) is 0.625. The van der Waals surface area contributed by atoms with E-state index in [1.165, 1.54) is 5.56 Å². The molecule has 0 N–H and O–H groups in total. The molecule has 0 radical (unpaired) electrons. The Bertz CT molecular complexity index is 1130. The van der Waals surface area contributed by atoms with Crippen molar-refractivity contribution in [3.8, 4) is 17.1 Å². The Kier molecular flexibility index (Phi) is 3.69. The summed E-state index contributed by atoms with van der Waals surface area (Å²) in [5.41, 5.74) is 4.77. The lowest BCUT2D eigenvalue weighted by atomic mass is 10.1. The first-order chi connectivity index (χ1) is 12.1. The van der Waals surface area contributed by atoms with Crippen molar-refractivity contribution >= 4 is 10.9 Å². The van der Waals surface area contributed by atoms with E-state index in [1.54, 1.807) is 4.57 Å². The molecule has 3 nitrogen and oxygen atoms in total. The summed E-state index contributed by atoms with van der Waals surface area (Å²) in [6.45, 7) is 4.12. The van der Waals surface area contributed by atoms with Gasteiger partial charge in [0.25, 0.3) is 5.56 Å². The molecule has 25 heavy (non-hydrogen) atoms. The molecule has 0 aliphatic heterocycles. The zero-order valence-electron chi connectivity index (χ0n) is 14.2. The van der Waals surface area contributed by atoms with Crippen molar-refractivity contribution in [2.75, 3.05) is 0 Å². The van der Waals surface area contributed by atoms with Gasteiger partial charge in [-0.05, 0) is 49.2 Å². The molecule has 0 aliphatic carbocycles. The third-order valence-corrected chi connectivity index (χ3v) is 4.56. The van der Waals surface area contributed by atoms with Crippen LogP contribution in [-0.4, -0.2) is 9.55 Å². The summed E-state index contributed by atoms with van der Waals surface area (Å²) < 4.78 is 1.71. The van der Waals surface area contributed by atoms with Crippen LogP contribution in [-0.2, 0) is 0 Å². The summed E-state index contributed by atoms with van der Waals surface area (Å²) in [5.74, 6) is 0.660. The number of aromatic nitrogens is 2. The molecule has 1 aromatic heterocycles. The van der Waals surface area contributed by atoms with Gasteiger partial charge in [0, 0.05) is 5.56 Å². The Morgan fingerprint density at radius 3 is 2.28 bits per heavy atom. The van der Waals surface area contributed by atoms with Crippen LogP contribution in [0.2, 0.25) is 0 Å². The number of hydrogen-bond donors (Lipinski definition) is 0. The Balaban J connectivity index is 2.12. The number of benzene rings is 3. The minimum Gasteiger partial charge on any atom is -0.268 e. The Morgan fingerprint density at radius 2 is 1.52 bits per heavy atom. The summed E-state index contributed by atoms with van der Waals surface area (Å²) in [6, 6.07) is 23.4. The smallest absolute Gasteiger partial charge is 0.266 e. The van der Waals surface area contributed by atoms with Gasteiger partial charge in [-0.15, -0.1) is 0 Å². The number of rotatable bonds is 2. The van der Waals surface area contributed by atoms with E-state index in [2.05, 4.69) is 13.8 Å². The molecule has 0 spiro atoms. The second kappa shape index (κ2) is 6.02. The first-order valence-corrected chi connectivity index (χ1v) is 8.30. The minimum absolute atomic E-state index is 0.0484. The maximum Gasteiger partial charge on any atom is 0.266 e. The molecule has 0 saturated carbocycles. The fourth-order valence-corrected chi connectivity index (χ4v) is 3.02. The Hall–Kier alpha value is -3.20. The van der Waals surface area contributed by atoms with Crippen molar-refractivity contribution in [1.29, 1.82) is 0 Å². The van der Waals surface area contributed by atoms with Crippen LogP contribution < -0.4 is 5.56 Å². The lowest BCUT2D eigenvalue weighted by molar-refractivity contribution is 0.972. The van der Waals surface area contributed by atoms with Crippen LogP contribution in [0.3, 0.4) is 0 Å². The maximum atomic E-state index is 13.2. The zero-order valence-corrected chi connectivity index (χ0v) is 14.2. The van der Waals surface area contributed by atoms with E-state index < -0.39 is 0 Å². The monoisotopic (exact) mass is 326 g/mol. The third kappa shape index (κ3) is 2.64. The molecule has 4 rings (SSSR count). The highest BCUT2D eigenvalue weighted by Gasteiger charge is 2.14. The predicted octanol–water partition coefficient (Wildman–Crippen LogP) is 4.67. The van der Waals surface area contributed by atoms with Crippen LogP contribution >= 0.6 is 0 Å². The van der Waals surface area contributed by atoms with Gasteiger partial charge >= 0.3 is 0 Å². The Labute approximate surface area is 146 Å². The molecule has 0 amide bonds. The van der Waals surface area contributed by atoms with E-state index in [4.69, 9.17) is 4.98 Å². The minimum atomic E-state index is -0.0484. The molecule has 0 aliphatic rings. The molecule has 0 bridgehead atoms. The van der Waals surface area contributed by atoms with Gasteiger partial charge in [0.1, 0.15) is 5.82 Å². The standard InChI is InChI=1S/C22H18N2O/c1-15-12-13-18(14-16(15)2)24-21(17-8-4-3-5-9-17)23-20-11-7-6-10-19(20)22(24)25/h3-14H,1-2H3. The van der Waals surface area contributed by atoms with Crippen molar-refractivity contribution in [1.82, 2.24) is 9.55 Å². The molecule has 3 aromatic carbocycles. The maximum absolute atomic E-state index is 13.2. The molecule has 122 valence electrons. The van der Waals surface area contributed by atoms with Crippen LogP contribution in [0.5, 0.6) is 0 Å². The highest BCUT2D eigenvalue weighted by atomic mass is 16.1. The van der Waals surface area contributed by atoms with Crippen molar-refractivity contribution in [2.45, 2.75) is 13.8 Å². The molecular formula is C22H18N2O. The summed E-state index contributed by atoms with van der Waals surface area (Å²) >= 11 is 0. The zero-order chi connectivity index (χ0) is 17.4. The van der Waals surface area contributed by atoms with Gasteiger partial charge in [-0.3, -0.25) is 9.36 Å². The average molecular weight is 326 g/mol. The second-order valence-corrected chi connectivity index (χ2v) is 6.23. The van der Waals surface area contributed by atoms with Crippen LogP contribution in [0, 0.1) is 13.8 Å². The third-order valence-electron chi connectivity index (χ3n) is 4.56. The molecule has 0 unspecified atom stereocenters. The topological polar surface area (TPSA) is 34.9 Å². The van der Waals surface area contributed by atoms with Crippen LogP contribution in [0.15, 0.2) is 77.6 Å². The van der Waals surface area contributed by atoms with Gasteiger partial charge in [0.05, 0.1) is 16.6 Å². The summed E-state index contributed by atoms with van der Waals surface area (Å²) in [6.07, 6.45) is 0. The van der Waals surface area contributed by atoms with E-state index in [0.717, 1.165) is 16.8 Å². The number of hydrogen-bond acceptors (Lipinski definition) is 2. The van der Waals surface area contributed by atoms with Gasteiger partial charge < -0.3 is 0 Å². The summed E-state index contributed by atoms with van der Waals surface area (Å²) in [4.78, 5) is 18.0. The normalized spacial score (nSPS) is 11.0. The molecular weight excluding hydrogens is 308 g/mol. The summed E-state index contributed by atoms with van der Waals surface area (Å²) in [7, 11) is 0. The number of nitrogens with zero attached hydrogens (tertiary/aromatic N) is 2. The molecule has 4 aromatic rings. The van der Waals surface area contributed by atoms with Gasteiger partial charge in [-0.2, -0.15) is 0 Å². The highest BCUT2D eigenvalue weighted by Crippen LogP contribution is 2.23. The molecule has 3 heteroatoms. The molecule has 0 atom stereocenters. The van der Waals surface area contributed by atoms with Crippen LogP contribution in [0.1, 0.15) is 11.1 Å². The first kappa shape index (κ1) is 15.3. The van der Waals surface area contributed by atoms with Gasteiger partial charge in [-0.25, -0.2) is 4.98 Å². The van der Waals surface area contributed by atoms with Crippen molar-refractivity contribution < 1.29 is 0 Å². The number of fused-ring (bicyclic) bond motifs is 1. The largest absolute Gasteiger partial charge is 0.268 e. The SMILES string of the molecule is Cc1ccc(-n2c(-c3ccccc3)nc3ccccc3c2=O)cc1C. The Morgan fingerprint density at radius 1 is 0.800 bits per heavy atom. The number of aryl methyl sites for hydroxylation is 2. The quantitative estimate of drug-likeness (QED) is 0.536. The van der Waals surface area contributed by atoms with Crippen LogP contribution in [0.25, 0.3) is 28.0 Å². The molecule has 1 heterocycles. The second-order valence-electron chi connectivity index (χ2n) is 6.23. The lowest BCUT2D eigenvalue weighted by Crippen LogP contribution is -2.22. The fourth-order valence-electron chi connectivity index (χ4n) is 3.02. The van der Waals surface area contributed by atoms with Crippen molar-refractivity contribution in [3.63, 3.8) is 0 Å². The van der Waals surface area contributed by atoms with E-state index in [9.17, 15) is 4.79 Å². The number of para-hydroxylation sites is 1. The highest BCUT2D eigenvalue weighted by molar-refractivity contribution is 5.80. The van der Waals surface area contributed by atoms with E-state index in [1.807, 2.05) is 72.8 Å². The van der Waals surface area contributed by atoms with Gasteiger partial charge in [0.15, 0.2) is 0 Å². The van der Waals surface area contributed by atoms with E-state index >= 15 is 0 Å². The molecule has 0 saturated heterocycles. The van der Waals surface area contributed by atoms with Crippen LogP contribution in [0.4, 0.5) is 0 Å². The van der Waals surface area contributed by atoms with Gasteiger partial charge in [0.2, 0.25) is 0 Å². The fraction of sp³-hybridized carbons (Fsp3) is 0.0909. The van der Waals surface area contributed by atoms with E-state index in [-0.39, 0.29) is 5.56 Å².